The minimum atomic E-state index is 0.446. The molecule has 1 saturated carbocycles. The van der Waals surface area contributed by atoms with Crippen LogP contribution in [0.1, 0.15) is 52.9 Å². The average molecular weight is 226 g/mol. The first-order valence-corrected chi connectivity index (χ1v) is 6.87. The summed E-state index contributed by atoms with van der Waals surface area (Å²) >= 11 is 0. The third kappa shape index (κ3) is 3.74. The lowest BCUT2D eigenvalue weighted by Gasteiger charge is -2.44. The largest absolute Gasteiger partial charge is 0.330 e. The second-order valence-electron chi connectivity index (χ2n) is 6.45. The van der Waals surface area contributed by atoms with Crippen LogP contribution in [0.3, 0.4) is 0 Å². The summed E-state index contributed by atoms with van der Waals surface area (Å²) in [4.78, 5) is 2.56. The van der Waals surface area contributed by atoms with Crippen molar-refractivity contribution in [2.45, 2.75) is 58.9 Å². The summed E-state index contributed by atoms with van der Waals surface area (Å²) in [6, 6.07) is 0.778. The molecule has 0 radical (unpaired) electrons. The van der Waals surface area contributed by atoms with Gasteiger partial charge in [-0.25, -0.2) is 0 Å². The zero-order chi connectivity index (χ0) is 12.2. The minimum absolute atomic E-state index is 0.446. The first-order valence-electron chi connectivity index (χ1n) is 6.87. The highest BCUT2D eigenvalue weighted by Crippen LogP contribution is 2.39. The van der Waals surface area contributed by atoms with Crippen LogP contribution in [0.5, 0.6) is 0 Å². The second kappa shape index (κ2) is 6.02. The van der Waals surface area contributed by atoms with Gasteiger partial charge in [0.05, 0.1) is 0 Å². The highest BCUT2D eigenvalue weighted by Gasteiger charge is 2.35. The lowest BCUT2D eigenvalue weighted by Crippen LogP contribution is -2.45. The van der Waals surface area contributed by atoms with Gasteiger partial charge in [0, 0.05) is 6.04 Å². The molecule has 2 heteroatoms. The molecule has 0 aromatic heterocycles. The molecule has 0 amide bonds. The Morgan fingerprint density at radius 1 is 1.19 bits per heavy atom. The molecule has 0 heterocycles. The molecule has 2 unspecified atom stereocenters. The first kappa shape index (κ1) is 14.0. The van der Waals surface area contributed by atoms with Crippen molar-refractivity contribution in [2.75, 3.05) is 20.1 Å². The molecule has 2 nitrogen and oxygen atoms in total. The Kier molecular flexibility index (Phi) is 5.26. The van der Waals surface area contributed by atoms with Crippen LogP contribution in [0.25, 0.3) is 0 Å². The fourth-order valence-electron chi connectivity index (χ4n) is 3.16. The van der Waals surface area contributed by atoms with Crippen LogP contribution in [-0.4, -0.2) is 31.1 Å². The van der Waals surface area contributed by atoms with Crippen LogP contribution in [0, 0.1) is 11.3 Å². The van der Waals surface area contributed by atoms with E-state index in [9.17, 15) is 0 Å². The van der Waals surface area contributed by atoms with Crippen LogP contribution >= 0.6 is 0 Å². The normalized spacial score (nSPS) is 27.4. The molecular weight excluding hydrogens is 196 g/mol. The van der Waals surface area contributed by atoms with E-state index >= 15 is 0 Å². The van der Waals surface area contributed by atoms with Crippen LogP contribution in [0.15, 0.2) is 0 Å². The molecule has 0 aliphatic heterocycles. The van der Waals surface area contributed by atoms with E-state index in [0.717, 1.165) is 31.5 Å². The molecule has 0 saturated heterocycles. The Bertz CT molecular complexity index is 195. The van der Waals surface area contributed by atoms with Crippen molar-refractivity contribution in [3.05, 3.63) is 0 Å². The Labute approximate surface area is 102 Å². The van der Waals surface area contributed by atoms with Crippen molar-refractivity contribution in [3.8, 4) is 0 Å². The quantitative estimate of drug-likeness (QED) is 0.798. The van der Waals surface area contributed by atoms with Crippen LogP contribution in [0.4, 0.5) is 0 Å². The molecule has 96 valence electrons. The maximum atomic E-state index is 5.60. The summed E-state index contributed by atoms with van der Waals surface area (Å²) in [6.45, 7) is 9.16. The predicted molar refractivity (Wildman–Crippen MR) is 71.5 cm³/mol. The summed E-state index contributed by atoms with van der Waals surface area (Å²) in [5.74, 6) is 0.851. The highest BCUT2D eigenvalue weighted by atomic mass is 15.1. The maximum Gasteiger partial charge on any atom is 0.0125 e. The Morgan fingerprint density at radius 2 is 1.81 bits per heavy atom. The summed E-state index contributed by atoms with van der Waals surface area (Å²) in [5, 5.41) is 0. The van der Waals surface area contributed by atoms with Gasteiger partial charge in [-0.15, -0.1) is 0 Å². The van der Waals surface area contributed by atoms with Crippen molar-refractivity contribution in [1.82, 2.24) is 4.90 Å². The van der Waals surface area contributed by atoms with Crippen molar-refractivity contribution in [1.29, 1.82) is 0 Å². The summed E-state index contributed by atoms with van der Waals surface area (Å²) < 4.78 is 0. The molecule has 2 N–H and O–H groups in total. The Hall–Kier alpha value is -0.0800. The summed E-state index contributed by atoms with van der Waals surface area (Å²) in [7, 11) is 2.28. The van der Waals surface area contributed by atoms with Gasteiger partial charge in [0.1, 0.15) is 0 Å². The topological polar surface area (TPSA) is 29.3 Å². The second-order valence-corrected chi connectivity index (χ2v) is 6.45. The zero-order valence-corrected chi connectivity index (χ0v) is 11.6. The number of hydrogen-bond donors (Lipinski definition) is 1. The lowest BCUT2D eigenvalue weighted by molar-refractivity contribution is 0.0567. The fraction of sp³-hybridized carbons (Fsp3) is 1.00. The Balaban J connectivity index is 2.59. The fourth-order valence-corrected chi connectivity index (χ4v) is 3.16. The first-order chi connectivity index (χ1) is 7.46. The van der Waals surface area contributed by atoms with Crippen LogP contribution in [-0.2, 0) is 0 Å². The molecule has 2 atom stereocenters. The smallest absolute Gasteiger partial charge is 0.0125 e. The number of hydrogen-bond acceptors (Lipinski definition) is 2. The van der Waals surface area contributed by atoms with Gasteiger partial charge < -0.3 is 10.6 Å². The molecule has 16 heavy (non-hydrogen) atoms. The standard InChI is InChI=1S/C14H30N2/c1-14(2,3)12-8-5-6-9-13(12)16(4)11-7-10-15/h12-13H,5-11,15H2,1-4H3. The van der Waals surface area contributed by atoms with E-state index in [-0.39, 0.29) is 0 Å². The molecule has 1 aliphatic rings. The molecule has 0 spiro atoms. The van der Waals surface area contributed by atoms with Gasteiger partial charge in [0.25, 0.3) is 0 Å². The molecule has 0 bridgehead atoms. The summed E-state index contributed by atoms with van der Waals surface area (Å²) in [5.41, 5.74) is 6.05. The summed E-state index contributed by atoms with van der Waals surface area (Å²) in [6.07, 6.45) is 6.74. The van der Waals surface area contributed by atoms with E-state index in [2.05, 4.69) is 32.7 Å². The van der Waals surface area contributed by atoms with Crippen molar-refractivity contribution >= 4 is 0 Å². The molecule has 0 aromatic rings. The SMILES string of the molecule is CN(CCCN)C1CCCCC1C(C)(C)C. The molecular formula is C14H30N2. The van der Waals surface area contributed by atoms with Crippen LogP contribution < -0.4 is 5.73 Å². The average Bonchev–Trinajstić information content (AvgIpc) is 2.24. The minimum Gasteiger partial charge on any atom is -0.330 e. The lowest BCUT2D eigenvalue weighted by atomic mass is 9.69. The van der Waals surface area contributed by atoms with Crippen LogP contribution in [0.2, 0.25) is 0 Å². The van der Waals surface area contributed by atoms with E-state index in [0.29, 0.717) is 5.41 Å². The van der Waals surface area contributed by atoms with E-state index in [1.54, 1.807) is 0 Å². The monoisotopic (exact) mass is 226 g/mol. The van der Waals surface area contributed by atoms with E-state index in [1.807, 2.05) is 0 Å². The van der Waals surface area contributed by atoms with Gasteiger partial charge >= 0.3 is 0 Å². The van der Waals surface area contributed by atoms with E-state index < -0.39 is 0 Å². The third-order valence-corrected chi connectivity index (χ3v) is 4.12. The Morgan fingerprint density at radius 3 is 2.38 bits per heavy atom. The zero-order valence-electron chi connectivity index (χ0n) is 11.6. The number of rotatable bonds is 4. The maximum absolute atomic E-state index is 5.60. The van der Waals surface area contributed by atoms with E-state index in [1.165, 1.54) is 25.7 Å². The van der Waals surface area contributed by atoms with Gasteiger partial charge in [0.15, 0.2) is 0 Å². The van der Waals surface area contributed by atoms with Gasteiger partial charge in [-0.2, -0.15) is 0 Å². The van der Waals surface area contributed by atoms with Gasteiger partial charge in [-0.3, -0.25) is 0 Å². The molecule has 1 aliphatic carbocycles. The molecule has 0 aromatic carbocycles. The molecule has 1 rings (SSSR count). The predicted octanol–water partition coefficient (Wildman–Crippen LogP) is 2.87. The molecule has 1 fully saturated rings. The highest BCUT2D eigenvalue weighted by molar-refractivity contribution is 4.88. The van der Waals surface area contributed by atoms with Gasteiger partial charge in [0.2, 0.25) is 0 Å². The van der Waals surface area contributed by atoms with Gasteiger partial charge in [-0.1, -0.05) is 33.6 Å². The number of nitrogens with zero attached hydrogens (tertiary/aromatic N) is 1. The third-order valence-electron chi connectivity index (χ3n) is 4.12. The van der Waals surface area contributed by atoms with Crippen molar-refractivity contribution < 1.29 is 0 Å². The van der Waals surface area contributed by atoms with Crippen molar-refractivity contribution in [2.24, 2.45) is 17.1 Å². The van der Waals surface area contributed by atoms with E-state index in [4.69, 9.17) is 5.73 Å². The number of nitrogens with two attached hydrogens (primary N) is 1. The van der Waals surface area contributed by atoms with Crippen molar-refractivity contribution in [3.63, 3.8) is 0 Å². The van der Waals surface area contributed by atoms with Gasteiger partial charge in [-0.05, 0) is 50.7 Å².